The highest BCUT2D eigenvalue weighted by Crippen LogP contribution is 2.34. The van der Waals surface area contributed by atoms with Crippen molar-refractivity contribution >= 4 is 23.4 Å². The van der Waals surface area contributed by atoms with Crippen LogP contribution in [0.25, 0.3) is 0 Å². The molecule has 2 atom stereocenters. The normalized spacial score (nSPS) is 24.1. The van der Waals surface area contributed by atoms with Gasteiger partial charge in [-0.25, -0.2) is 0 Å². The molecule has 1 aromatic carbocycles. The second-order valence-electron chi connectivity index (χ2n) is 4.96. The molecule has 100 valence electrons. The maximum atomic E-state index is 6.05. The fourth-order valence-electron chi connectivity index (χ4n) is 2.52. The summed E-state index contributed by atoms with van der Waals surface area (Å²) in [5, 5.41) is 5.24. The second kappa shape index (κ2) is 7.42. The minimum Gasteiger partial charge on any atom is -0.313 e. The average Bonchev–Trinajstić information content (AvgIpc) is 2.38. The molecule has 0 radical (unpaired) electrons. The Balaban J connectivity index is 1.96. The first-order valence-corrected chi connectivity index (χ1v) is 8.21. The van der Waals surface area contributed by atoms with Crippen LogP contribution in [0.1, 0.15) is 39.0 Å². The van der Waals surface area contributed by atoms with Crippen LogP contribution in [0.4, 0.5) is 0 Å². The molecular weight excluding hydrogens is 262 g/mol. The van der Waals surface area contributed by atoms with E-state index in [1.165, 1.54) is 37.0 Å². The van der Waals surface area contributed by atoms with Gasteiger partial charge >= 0.3 is 0 Å². The van der Waals surface area contributed by atoms with E-state index < -0.39 is 0 Å². The predicted octanol–water partition coefficient (Wildman–Crippen LogP) is 4.74. The molecule has 0 bridgehead atoms. The molecule has 0 amide bonds. The van der Waals surface area contributed by atoms with Crippen molar-refractivity contribution in [3.05, 3.63) is 29.3 Å². The van der Waals surface area contributed by atoms with Crippen LogP contribution < -0.4 is 5.32 Å². The Hall–Kier alpha value is -0.180. The molecule has 0 aliphatic heterocycles. The van der Waals surface area contributed by atoms with Gasteiger partial charge in [0.1, 0.15) is 0 Å². The molecule has 0 spiro atoms. The highest BCUT2D eigenvalue weighted by Gasteiger charge is 2.25. The quantitative estimate of drug-likeness (QED) is 0.837. The molecule has 1 aliphatic rings. The van der Waals surface area contributed by atoms with E-state index in [9.17, 15) is 0 Å². The van der Waals surface area contributed by atoms with E-state index in [0.717, 1.165) is 11.6 Å². The van der Waals surface area contributed by atoms with Crippen LogP contribution in [-0.2, 0) is 0 Å². The summed E-state index contributed by atoms with van der Waals surface area (Å²) in [5.41, 5.74) is 0. The fraction of sp³-hybridized carbons (Fsp3) is 0.600. The third kappa shape index (κ3) is 4.18. The lowest BCUT2D eigenvalue weighted by Crippen LogP contribution is -2.40. The minimum absolute atomic E-state index is 0.669. The zero-order chi connectivity index (χ0) is 12.8. The Morgan fingerprint density at radius 1 is 1.33 bits per heavy atom. The number of hydrogen-bond donors (Lipinski definition) is 1. The Bertz CT molecular complexity index is 369. The van der Waals surface area contributed by atoms with Crippen molar-refractivity contribution in [1.82, 2.24) is 5.32 Å². The Labute approximate surface area is 120 Å². The van der Waals surface area contributed by atoms with Gasteiger partial charge in [0.25, 0.3) is 0 Å². The first-order valence-electron chi connectivity index (χ1n) is 6.95. The molecule has 0 heterocycles. The zero-order valence-corrected chi connectivity index (χ0v) is 12.6. The summed E-state index contributed by atoms with van der Waals surface area (Å²) in [4.78, 5) is 1.30. The van der Waals surface area contributed by atoms with Crippen molar-refractivity contribution in [2.45, 2.75) is 55.2 Å². The monoisotopic (exact) mass is 283 g/mol. The SMILES string of the molecule is CCCNC1CCCCC1Sc1cccc(Cl)c1. The first-order chi connectivity index (χ1) is 8.79. The average molecular weight is 284 g/mol. The highest BCUT2D eigenvalue weighted by atomic mass is 35.5. The number of halogens is 1. The molecule has 0 saturated heterocycles. The van der Waals surface area contributed by atoms with Gasteiger partial charge in [0, 0.05) is 21.2 Å². The van der Waals surface area contributed by atoms with Gasteiger partial charge in [-0.3, -0.25) is 0 Å². The summed E-state index contributed by atoms with van der Waals surface area (Å²) in [7, 11) is 0. The van der Waals surface area contributed by atoms with Gasteiger partial charge < -0.3 is 5.32 Å². The summed E-state index contributed by atoms with van der Waals surface area (Å²) in [6.45, 7) is 3.37. The highest BCUT2D eigenvalue weighted by molar-refractivity contribution is 8.00. The molecular formula is C15H22ClNS. The third-order valence-electron chi connectivity index (χ3n) is 3.44. The van der Waals surface area contributed by atoms with Gasteiger partial charge in [0.15, 0.2) is 0 Å². The summed E-state index contributed by atoms with van der Waals surface area (Å²) in [5.74, 6) is 0. The fourth-order valence-corrected chi connectivity index (χ4v) is 4.15. The largest absolute Gasteiger partial charge is 0.313 e. The zero-order valence-electron chi connectivity index (χ0n) is 11.0. The van der Waals surface area contributed by atoms with E-state index in [0.29, 0.717) is 11.3 Å². The van der Waals surface area contributed by atoms with Gasteiger partial charge in [-0.05, 0) is 44.0 Å². The lowest BCUT2D eigenvalue weighted by atomic mass is 9.95. The van der Waals surface area contributed by atoms with E-state index in [4.69, 9.17) is 11.6 Å². The van der Waals surface area contributed by atoms with E-state index in [-0.39, 0.29) is 0 Å². The number of thioether (sulfide) groups is 1. The summed E-state index contributed by atoms with van der Waals surface area (Å²) >= 11 is 8.04. The third-order valence-corrected chi connectivity index (χ3v) is 5.07. The molecule has 1 N–H and O–H groups in total. The second-order valence-corrected chi connectivity index (χ2v) is 6.71. The molecule has 2 rings (SSSR count). The first kappa shape index (κ1) is 14.2. The maximum absolute atomic E-state index is 6.05. The summed E-state index contributed by atoms with van der Waals surface area (Å²) in [6, 6.07) is 8.91. The van der Waals surface area contributed by atoms with Crippen LogP contribution >= 0.6 is 23.4 Å². The van der Waals surface area contributed by atoms with E-state index in [1.54, 1.807) is 0 Å². The van der Waals surface area contributed by atoms with Crippen LogP contribution in [-0.4, -0.2) is 17.8 Å². The van der Waals surface area contributed by atoms with Crippen LogP contribution in [0.2, 0.25) is 5.02 Å². The molecule has 1 aliphatic carbocycles. The molecule has 2 unspecified atom stereocenters. The topological polar surface area (TPSA) is 12.0 Å². The van der Waals surface area contributed by atoms with Crippen LogP contribution in [0.5, 0.6) is 0 Å². The number of hydrogen-bond acceptors (Lipinski definition) is 2. The predicted molar refractivity (Wildman–Crippen MR) is 81.6 cm³/mol. The Morgan fingerprint density at radius 2 is 2.17 bits per heavy atom. The molecule has 1 nitrogen and oxygen atoms in total. The molecule has 1 aromatic rings. The lowest BCUT2D eigenvalue weighted by Gasteiger charge is -2.32. The van der Waals surface area contributed by atoms with Gasteiger partial charge in [-0.2, -0.15) is 0 Å². The molecule has 1 fully saturated rings. The molecule has 1 saturated carbocycles. The van der Waals surface area contributed by atoms with E-state index in [1.807, 2.05) is 23.9 Å². The molecule has 3 heteroatoms. The van der Waals surface area contributed by atoms with Gasteiger partial charge in [0.2, 0.25) is 0 Å². The van der Waals surface area contributed by atoms with Crippen molar-refractivity contribution in [3.63, 3.8) is 0 Å². The van der Waals surface area contributed by atoms with Crippen molar-refractivity contribution in [2.75, 3.05) is 6.54 Å². The van der Waals surface area contributed by atoms with Crippen molar-refractivity contribution < 1.29 is 0 Å². The maximum Gasteiger partial charge on any atom is 0.0417 e. The van der Waals surface area contributed by atoms with Crippen molar-refractivity contribution in [1.29, 1.82) is 0 Å². The standard InChI is InChI=1S/C15H22ClNS/c1-2-10-17-14-8-3-4-9-15(14)18-13-7-5-6-12(16)11-13/h5-7,11,14-15,17H,2-4,8-10H2,1H3. The van der Waals surface area contributed by atoms with Crippen LogP contribution in [0, 0.1) is 0 Å². The van der Waals surface area contributed by atoms with Gasteiger partial charge in [-0.15, -0.1) is 11.8 Å². The Morgan fingerprint density at radius 3 is 2.94 bits per heavy atom. The molecule has 18 heavy (non-hydrogen) atoms. The smallest absolute Gasteiger partial charge is 0.0417 e. The summed E-state index contributed by atoms with van der Waals surface area (Å²) < 4.78 is 0. The lowest BCUT2D eigenvalue weighted by molar-refractivity contribution is 0.384. The van der Waals surface area contributed by atoms with Crippen LogP contribution in [0.15, 0.2) is 29.2 Å². The molecule has 0 aromatic heterocycles. The number of benzene rings is 1. The Kier molecular flexibility index (Phi) is 5.87. The number of nitrogens with one attached hydrogen (secondary N) is 1. The van der Waals surface area contributed by atoms with Crippen molar-refractivity contribution in [3.8, 4) is 0 Å². The minimum atomic E-state index is 0.669. The van der Waals surface area contributed by atoms with E-state index in [2.05, 4.69) is 24.4 Å². The van der Waals surface area contributed by atoms with Crippen molar-refractivity contribution in [2.24, 2.45) is 0 Å². The summed E-state index contributed by atoms with van der Waals surface area (Å²) in [6.07, 6.45) is 6.58. The van der Waals surface area contributed by atoms with E-state index >= 15 is 0 Å². The number of rotatable bonds is 5. The van der Waals surface area contributed by atoms with Gasteiger partial charge in [-0.1, -0.05) is 37.4 Å². The van der Waals surface area contributed by atoms with Crippen LogP contribution in [0.3, 0.4) is 0 Å². The van der Waals surface area contributed by atoms with Gasteiger partial charge in [0.05, 0.1) is 0 Å².